The first-order valence-corrected chi connectivity index (χ1v) is 5.42. The molecule has 0 bridgehead atoms. The molecule has 0 spiro atoms. The van der Waals surface area contributed by atoms with Crippen molar-refractivity contribution in [3.8, 4) is 0 Å². The van der Waals surface area contributed by atoms with Crippen LogP contribution in [-0.4, -0.2) is 4.98 Å². The van der Waals surface area contributed by atoms with Gasteiger partial charge in [-0.05, 0) is 30.7 Å². The predicted molar refractivity (Wildman–Crippen MR) is 62.5 cm³/mol. The summed E-state index contributed by atoms with van der Waals surface area (Å²) in [5.41, 5.74) is 2.61. The molecule has 2 heterocycles. The Bertz CT molecular complexity index is 496. The van der Waals surface area contributed by atoms with Gasteiger partial charge in [-0.3, -0.25) is 0 Å². The number of allylic oxidation sites excluding steroid dienone is 1. The number of aromatic nitrogens is 1. The Balaban J connectivity index is 2.07. The second kappa shape index (κ2) is 3.46. The molecule has 3 rings (SSSR count). The summed E-state index contributed by atoms with van der Waals surface area (Å²) in [5.74, 6) is 0. The van der Waals surface area contributed by atoms with Crippen LogP contribution in [0.4, 0.5) is 0 Å². The van der Waals surface area contributed by atoms with Gasteiger partial charge in [0.05, 0.1) is 6.04 Å². The molecular weight excluding hydrogens is 184 g/mol. The SMILES string of the molecule is C1=CNC(c2c[nH]c3ccccc23)CC1. The molecule has 0 radical (unpaired) electrons. The molecule has 2 nitrogen and oxygen atoms in total. The fourth-order valence-corrected chi connectivity index (χ4v) is 2.24. The molecule has 15 heavy (non-hydrogen) atoms. The third-order valence-electron chi connectivity index (χ3n) is 3.03. The molecule has 1 aromatic carbocycles. The molecular formula is C13H14N2. The zero-order valence-corrected chi connectivity index (χ0v) is 8.53. The average Bonchev–Trinajstić information content (AvgIpc) is 2.74. The van der Waals surface area contributed by atoms with E-state index in [1.54, 1.807) is 0 Å². The molecule has 0 saturated heterocycles. The average molecular weight is 198 g/mol. The molecule has 76 valence electrons. The van der Waals surface area contributed by atoms with Gasteiger partial charge >= 0.3 is 0 Å². The van der Waals surface area contributed by atoms with Gasteiger partial charge in [-0.1, -0.05) is 24.3 Å². The molecule has 1 aliphatic rings. The number of nitrogens with one attached hydrogen (secondary N) is 2. The largest absolute Gasteiger partial charge is 0.384 e. The van der Waals surface area contributed by atoms with Crippen LogP contribution in [0.15, 0.2) is 42.7 Å². The highest BCUT2D eigenvalue weighted by molar-refractivity contribution is 5.83. The van der Waals surface area contributed by atoms with Crippen LogP contribution >= 0.6 is 0 Å². The van der Waals surface area contributed by atoms with Crippen LogP contribution < -0.4 is 5.32 Å². The lowest BCUT2D eigenvalue weighted by atomic mass is 10.00. The Kier molecular flexibility index (Phi) is 1.98. The number of fused-ring (bicyclic) bond motifs is 1. The van der Waals surface area contributed by atoms with Gasteiger partial charge in [0.15, 0.2) is 0 Å². The highest BCUT2D eigenvalue weighted by Crippen LogP contribution is 2.28. The standard InChI is InChI=1S/C13H14N2/c1-2-6-12-10(5-1)11(9-15-12)13-7-3-4-8-14-13/h1-2,4-6,8-9,13-15H,3,7H2. The van der Waals surface area contributed by atoms with E-state index >= 15 is 0 Å². The Morgan fingerprint density at radius 3 is 3.00 bits per heavy atom. The van der Waals surface area contributed by atoms with E-state index in [-0.39, 0.29) is 0 Å². The van der Waals surface area contributed by atoms with Gasteiger partial charge in [0, 0.05) is 17.1 Å². The lowest BCUT2D eigenvalue weighted by Gasteiger charge is -2.19. The first-order chi connectivity index (χ1) is 7.45. The quantitative estimate of drug-likeness (QED) is 0.724. The number of hydrogen-bond acceptors (Lipinski definition) is 1. The van der Waals surface area contributed by atoms with Gasteiger partial charge in [-0.2, -0.15) is 0 Å². The van der Waals surface area contributed by atoms with Crippen LogP contribution in [0.3, 0.4) is 0 Å². The monoisotopic (exact) mass is 198 g/mol. The van der Waals surface area contributed by atoms with Crippen molar-refractivity contribution in [3.63, 3.8) is 0 Å². The van der Waals surface area contributed by atoms with Crippen molar-refractivity contribution < 1.29 is 0 Å². The maximum Gasteiger partial charge on any atom is 0.0532 e. The molecule has 2 aromatic rings. The van der Waals surface area contributed by atoms with Gasteiger partial charge in [-0.25, -0.2) is 0 Å². The van der Waals surface area contributed by atoms with Gasteiger partial charge in [0.2, 0.25) is 0 Å². The molecule has 0 amide bonds. The van der Waals surface area contributed by atoms with E-state index in [0.29, 0.717) is 6.04 Å². The summed E-state index contributed by atoms with van der Waals surface area (Å²) in [6.07, 6.45) is 8.72. The lowest BCUT2D eigenvalue weighted by molar-refractivity contribution is 0.557. The fraction of sp³-hybridized carbons (Fsp3) is 0.231. The van der Waals surface area contributed by atoms with Crippen molar-refractivity contribution in [1.82, 2.24) is 10.3 Å². The predicted octanol–water partition coefficient (Wildman–Crippen LogP) is 3.11. The minimum absolute atomic E-state index is 0.464. The van der Waals surface area contributed by atoms with Crippen molar-refractivity contribution in [3.05, 3.63) is 48.3 Å². The van der Waals surface area contributed by atoms with Crippen LogP contribution in [0.2, 0.25) is 0 Å². The van der Waals surface area contributed by atoms with Crippen molar-refractivity contribution in [2.24, 2.45) is 0 Å². The molecule has 0 fully saturated rings. The fourth-order valence-electron chi connectivity index (χ4n) is 2.24. The maximum absolute atomic E-state index is 3.41. The van der Waals surface area contributed by atoms with E-state index in [9.17, 15) is 0 Å². The first kappa shape index (κ1) is 8.60. The summed E-state index contributed by atoms with van der Waals surface area (Å²) in [7, 11) is 0. The summed E-state index contributed by atoms with van der Waals surface area (Å²) >= 11 is 0. The van der Waals surface area contributed by atoms with E-state index in [4.69, 9.17) is 0 Å². The Morgan fingerprint density at radius 2 is 2.13 bits per heavy atom. The Morgan fingerprint density at radius 1 is 1.20 bits per heavy atom. The first-order valence-electron chi connectivity index (χ1n) is 5.42. The number of benzene rings is 1. The van der Waals surface area contributed by atoms with Gasteiger partial charge in [0.1, 0.15) is 0 Å². The zero-order chi connectivity index (χ0) is 10.1. The molecule has 1 atom stereocenters. The van der Waals surface area contributed by atoms with E-state index in [0.717, 1.165) is 6.42 Å². The van der Waals surface area contributed by atoms with Crippen molar-refractivity contribution >= 4 is 10.9 Å². The number of aromatic amines is 1. The lowest BCUT2D eigenvalue weighted by Crippen LogP contribution is -2.17. The minimum atomic E-state index is 0.464. The highest BCUT2D eigenvalue weighted by atomic mass is 14.9. The smallest absolute Gasteiger partial charge is 0.0532 e. The zero-order valence-electron chi connectivity index (χ0n) is 8.53. The highest BCUT2D eigenvalue weighted by Gasteiger charge is 2.15. The summed E-state index contributed by atoms with van der Waals surface area (Å²) in [4.78, 5) is 3.32. The number of para-hydroxylation sites is 1. The van der Waals surface area contributed by atoms with Gasteiger partial charge in [0.25, 0.3) is 0 Å². The Labute approximate surface area is 89.0 Å². The summed E-state index contributed by atoms with van der Waals surface area (Å²) < 4.78 is 0. The topological polar surface area (TPSA) is 27.8 Å². The number of H-pyrrole nitrogens is 1. The summed E-state index contributed by atoms with van der Waals surface area (Å²) in [6, 6.07) is 8.93. The van der Waals surface area contributed by atoms with Crippen LogP contribution in [0, 0.1) is 0 Å². The second-order valence-corrected chi connectivity index (χ2v) is 3.99. The molecule has 1 unspecified atom stereocenters. The van der Waals surface area contributed by atoms with E-state index < -0.39 is 0 Å². The molecule has 0 aliphatic carbocycles. The van der Waals surface area contributed by atoms with Crippen molar-refractivity contribution in [2.75, 3.05) is 0 Å². The molecule has 0 saturated carbocycles. The molecule has 1 aromatic heterocycles. The van der Waals surface area contributed by atoms with Gasteiger partial charge < -0.3 is 10.3 Å². The van der Waals surface area contributed by atoms with E-state index in [1.165, 1.54) is 22.9 Å². The maximum atomic E-state index is 3.41. The second-order valence-electron chi connectivity index (χ2n) is 3.99. The van der Waals surface area contributed by atoms with Crippen molar-refractivity contribution in [1.29, 1.82) is 0 Å². The summed E-state index contributed by atoms with van der Waals surface area (Å²) in [6.45, 7) is 0. The summed E-state index contributed by atoms with van der Waals surface area (Å²) in [5, 5.41) is 4.75. The third kappa shape index (κ3) is 1.42. The number of rotatable bonds is 1. The third-order valence-corrected chi connectivity index (χ3v) is 3.03. The Hall–Kier alpha value is -1.70. The molecule has 2 heteroatoms. The van der Waals surface area contributed by atoms with Gasteiger partial charge in [-0.15, -0.1) is 0 Å². The molecule has 2 N–H and O–H groups in total. The minimum Gasteiger partial charge on any atom is -0.384 e. The van der Waals surface area contributed by atoms with Crippen LogP contribution in [0.5, 0.6) is 0 Å². The van der Waals surface area contributed by atoms with Crippen molar-refractivity contribution in [2.45, 2.75) is 18.9 Å². The molecule has 1 aliphatic heterocycles. The van der Waals surface area contributed by atoms with E-state index in [1.807, 2.05) is 0 Å². The number of hydrogen-bond donors (Lipinski definition) is 2. The normalized spacial score (nSPS) is 20.4. The van der Waals surface area contributed by atoms with Crippen LogP contribution in [0.25, 0.3) is 10.9 Å². The van der Waals surface area contributed by atoms with Crippen LogP contribution in [-0.2, 0) is 0 Å². The van der Waals surface area contributed by atoms with Crippen LogP contribution in [0.1, 0.15) is 24.4 Å². The van der Waals surface area contributed by atoms with E-state index in [2.05, 4.69) is 53.0 Å².